The van der Waals surface area contributed by atoms with Gasteiger partial charge >= 0.3 is 0 Å². The Morgan fingerprint density at radius 1 is 1.22 bits per heavy atom. The lowest BCUT2D eigenvalue weighted by molar-refractivity contribution is 0.417. The van der Waals surface area contributed by atoms with Crippen LogP contribution in [-0.2, 0) is 4.74 Å². The molecule has 94 valence electrons. The molecule has 0 saturated heterocycles. The number of hydrogen-bond donors (Lipinski definition) is 1. The standard InChI is InChI=1S/C14H15NOS2/c1-9-6-4-5-7-11(9)15-12-8-13(14(17)16-3)18-10(12)2/h4-8,15H,1-3H3. The lowest BCUT2D eigenvalue weighted by atomic mass is 10.2. The molecular formula is C14H15NOS2. The van der Waals surface area contributed by atoms with Crippen LogP contribution in [0, 0.1) is 13.8 Å². The summed E-state index contributed by atoms with van der Waals surface area (Å²) in [7, 11) is 1.60. The van der Waals surface area contributed by atoms with E-state index < -0.39 is 0 Å². The van der Waals surface area contributed by atoms with E-state index in [1.54, 1.807) is 18.4 Å². The minimum absolute atomic E-state index is 0.543. The van der Waals surface area contributed by atoms with E-state index in [1.165, 1.54) is 10.4 Å². The van der Waals surface area contributed by atoms with E-state index in [0.717, 1.165) is 16.3 Å². The number of anilines is 2. The molecule has 1 heterocycles. The fourth-order valence-corrected chi connectivity index (χ4v) is 2.74. The van der Waals surface area contributed by atoms with Crippen molar-refractivity contribution < 1.29 is 4.74 Å². The van der Waals surface area contributed by atoms with E-state index in [-0.39, 0.29) is 0 Å². The van der Waals surface area contributed by atoms with E-state index in [1.807, 2.05) is 18.2 Å². The highest BCUT2D eigenvalue weighted by atomic mass is 32.1. The van der Waals surface area contributed by atoms with Crippen molar-refractivity contribution >= 4 is 40.0 Å². The van der Waals surface area contributed by atoms with E-state index in [0.29, 0.717) is 5.05 Å². The number of aryl methyl sites for hydroxylation is 2. The van der Waals surface area contributed by atoms with Gasteiger partial charge in [0.1, 0.15) is 0 Å². The van der Waals surface area contributed by atoms with Crippen molar-refractivity contribution in [3.05, 3.63) is 45.6 Å². The molecule has 1 N–H and O–H groups in total. The molecule has 0 amide bonds. The number of rotatable bonds is 3. The first-order valence-corrected chi connectivity index (χ1v) is 6.85. The number of para-hydroxylation sites is 1. The lowest BCUT2D eigenvalue weighted by Crippen LogP contribution is -1.96. The molecule has 0 radical (unpaired) electrons. The van der Waals surface area contributed by atoms with E-state index in [4.69, 9.17) is 17.0 Å². The van der Waals surface area contributed by atoms with Gasteiger partial charge in [-0.1, -0.05) is 18.2 Å². The Hall–Kier alpha value is -1.39. The summed E-state index contributed by atoms with van der Waals surface area (Å²) in [5.74, 6) is 0. The first-order chi connectivity index (χ1) is 8.61. The van der Waals surface area contributed by atoms with Crippen LogP contribution >= 0.6 is 23.6 Å². The van der Waals surface area contributed by atoms with Crippen molar-refractivity contribution in [2.75, 3.05) is 12.4 Å². The number of methoxy groups -OCH3 is 1. The van der Waals surface area contributed by atoms with E-state index in [9.17, 15) is 0 Å². The summed E-state index contributed by atoms with van der Waals surface area (Å²) in [5, 5.41) is 3.98. The minimum atomic E-state index is 0.543. The number of benzene rings is 1. The second-order valence-corrected chi connectivity index (χ2v) is 5.64. The van der Waals surface area contributed by atoms with E-state index in [2.05, 4.69) is 31.3 Å². The lowest BCUT2D eigenvalue weighted by Gasteiger charge is -2.08. The molecule has 2 nitrogen and oxygen atoms in total. The van der Waals surface area contributed by atoms with Gasteiger partial charge < -0.3 is 10.1 Å². The summed E-state index contributed by atoms with van der Waals surface area (Å²) in [6, 6.07) is 10.3. The molecule has 1 aromatic heterocycles. The van der Waals surface area contributed by atoms with Crippen molar-refractivity contribution in [1.82, 2.24) is 0 Å². The quantitative estimate of drug-likeness (QED) is 0.839. The average molecular weight is 277 g/mol. The van der Waals surface area contributed by atoms with Crippen LogP contribution in [0.3, 0.4) is 0 Å². The molecule has 0 aliphatic heterocycles. The first-order valence-electron chi connectivity index (χ1n) is 5.63. The van der Waals surface area contributed by atoms with Gasteiger partial charge in [0.25, 0.3) is 0 Å². The smallest absolute Gasteiger partial charge is 0.201 e. The van der Waals surface area contributed by atoms with Gasteiger partial charge in [-0.15, -0.1) is 11.3 Å². The van der Waals surface area contributed by atoms with Crippen molar-refractivity contribution in [2.24, 2.45) is 0 Å². The Bertz CT molecular complexity index is 575. The van der Waals surface area contributed by atoms with Gasteiger partial charge in [0, 0.05) is 10.6 Å². The fraction of sp³-hybridized carbons (Fsp3) is 0.214. The molecule has 0 bridgehead atoms. The molecule has 18 heavy (non-hydrogen) atoms. The maximum Gasteiger partial charge on any atom is 0.201 e. The largest absolute Gasteiger partial charge is 0.486 e. The molecule has 0 aliphatic carbocycles. The van der Waals surface area contributed by atoms with Crippen LogP contribution < -0.4 is 5.32 Å². The molecule has 0 unspecified atom stereocenters. The highest BCUT2D eigenvalue weighted by molar-refractivity contribution is 7.80. The Morgan fingerprint density at radius 3 is 2.61 bits per heavy atom. The zero-order chi connectivity index (χ0) is 13.1. The van der Waals surface area contributed by atoms with Crippen molar-refractivity contribution in [3.8, 4) is 0 Å². The van der Waals surface area contributed by atoms with Crippen molar-refractivity contribution in [3.63, 3.8) is 0 Å². The summed E-state index contributed by atoms with van der Waals surface area (Å²) in [5.41, 5.74) is 3.43. The van der Waals surface area contributed by atoms with Gasteiger partial charge in [-0.2, -0.15) is 0 Å². The third-order valence-corrected chi connectivity index (χ3v) is 4.28. The fourth-order valence-electron chi connectivity index (χ4n) is 1.67. The second kappa shape index (κ2) is 5.50. The topological polar surface area (TPSA) is 21.3 Å². The Morgan fingerprint density at radius 2 is 1.94 bits per heavy atom. The van der Waals surface area contributed by atoms with Crippen LogP contribution in [0.4, 0.5) is 11.4 Å². The first kappa shape index (κ1) is 13.1. The van der Waals surface area contributed by atoms with Crippen LogP contribution in [0.15, 0.2) is 30.3 Å². The summed E-state index contributed by atoms with van der Waals surface area (Å²) < 4.78 is 5.09. The van der Waals surface area contributed by atoms with Gasteiger partial charge in [0.15, 0.2) is 0 Å². The zero-order valence-corrected chi connectivity index (χ0v) is 12.2. The van der Waals surface area contributed by atoms with Crippen LogP contribution in [0.2, 0.25) is 0 Å². The maximum atomic E-state index is 5.15. The highest BCUT2D eigenvalue weighted by Crippen LogP contribution is 2.30. The normalized spacial score (nSPS) is 10.2. The van der Waals surface area contributed by atoms with Gasteiger partial charge in [-0.25, -0.2) is 0 Å². The molecular weight excluding hydrogens is 262 g/mol. The summed E-state index contributed by atoms with van der Waals surface area (Å²) >= 11 is 6.79. The molecule has 2 aromatic rings. The van der Waals surface area contributed by atoms with Crippen LogP contribution in [0.25, 0.3) is 0 Å². The third kappa shape index (κ3) is 2.71. The Kier molecular flexibility index (Phi) is 3.99. The number of thiocarbonyl (C=S) groups is 1. The van der Waals surface area contributed by atoms with Gasteiger partial charge in [0.2, 0.25) is 5.05 Å². The molecule has 0 aliphatic rings. The van der Waals surface area contributed by atoms with Gasteiger partial charge in [0.05, 0.1) is 17.7 Å². The third-order valence-electron chi connectivity index (χ3n) is 2.72. The highest BCUT2D eigenvalue weighted by Gasteiger charge is 2.10. The van der Waals surface area contributed by atoms with Crippen LogP contribution in [0.5, 0.6) is 0 Å². The summed E-state index contributed by atoms with van der Waals surface area (Å²) in [6.07, 6.45) is 0. The van der Waals surface area contributed by atoms with Crippen LogP contribution in [-0.4, -0.2) is 12.2 Å². The monoisotopic (exact) mass is 277 g/mol. The molecule has 0 atom stereocenters. The predicted octanol–water partition coefficient (Wildman–Crippen LogP) is 4.43. The van der Waals surface area contributed by atoms with Crippen molar-refractivity contribution in [1.29, 1.82) is 0 Å². The Labute approximate surface area is 117 Å². The number of hydrogen-bond acceptors (Lipinski definition) is 4. The molecule has 2 rings (SSSR count). The molecule has 4 heteroatoms. The predicted molar refractivity (Wildman–Crippen MR) is 82.2 cm³/mol. The van der Waals surface area contributed by atoms with E-state index >= 15 is 0 Å². The molecule has 1 aromatic carbocycles. The maximum absolute atomic E-state index is 5.15. The van der Waals surface area contributed by atoms with Gasteiger partial charge in [-0.05, 0) is 43.8 Å². The number of nitrogens with one attached hydrogen (secondary N) is 1. The minimum Gasteiger partial charge on any atom is -0.486 e. The zero-order valence-electron chi connectivity index (χ0n) is 10.6. The van der Waals surface area contributed by atoms with Gasteiger partial charge in [-0.3, -0.25) is 0 Å². The SMILES string of the molecule is COC(=S)c1cc(Nc2ccccc2C)c(C)s1. The second-order valence-electron chi connectivity index (χ2n) is 4.01. The summed E-state index contributed by atoms with van der Waals surface area (Å²) in [6.45, 7) is 4.16. The number of thiophene rings is 1. The van der Waals surface area contributed by atoms with Crippen molar-refractivity contribution in [2.45, 2.75) is 13.8 Å². The number of ether oxygens (including phenoxy) is 1. The molecule has 0 saturated carbocycles. The average Bonchev–Trinajstić information content (AvgIpc) is 2.73. The Balaban J connectivity index is 2.27. The molecule has 0 fully saturated rings. The molecule has 0 spiro atoms. The summed E-state index contributed by atoms with van der Waals surface area (Å²) in [4.78, 5) is 2.19. The van der Waals surface area contributed by atoms with Crippen LogP contribution in [0.1, 0.15) is 15.3 Å².